The Balaban J connectivity index is 1.45. The number of imidazole rings is 1. The minimum Gasteiger partial charge on any atom is -0.484 e. The highest BCUT2D eigenvalue weighted by Crippen LogP contribution is 2.14. The average Bonchev–Trinajstić information content (AvgIpc) is 3.01. The van der Waals surface area contributed by atoms with Gasteiger partial charge in [-0.25, -0.2) is 4.98 Å². The molecule has 2 amide bonds. The summed E-state index contributed by atoms with van der Waals surface area (Å²) in [6.07, 6.45) is 5.64. The Morgan fingerprint density at radius 1 is 1.33 bits per heavy atom. The molecule has 2 heterocycles. The first-order valence-electron chi connectivity index (χ1n) is 7.89. The van der Waals surface area contributed by atoms with Crippen LogP contribution in [0.4, 0.5) is 0 Å². The molecule has 0 saturated heterocycles. The Hall–Kier alpha value is -2.83. The molecule has 1 aromatic heterocycles. The number of aromatic nitrogens is 2. The number of carbonyl (C=O) groups excluding carboxylic acids is 2. The molecule has 0 radical (unpaired) electrons. The summed E-state index contributed by atoms with van der Waals surface area (Å²) in [5, 5.41) is 2.98. The van der Waals surface area contributed by atoms with Gasteiger partial charge in [0.2, 0.25) is 5.91 Å². The minimum atomic E-state index is -0.378. The third-order valence-electron chi connectivity index (χ3n) is 3.97. The average molecular weight is 328 g/mol. The first-order valence-corrected chi connectivity index (χ1v) is 7.89. The number of primary amides is 1. The van der Waals surface area contributed by atoms with Crippen LogP contribution in [0.3, 0.4) is 0 Å². The maximum Gasteiger partial charge on any atom is 0.258 e. The lowest BCUT2D eigenvalue weighted by molar-refractivity contribution is -0.124. The van der Waals surface area contributed by atoms with Gasteiger partial charge in [0.05, 0.1) is 6.42 Å². The largest absolute Gasteiger partial charge is 0.484 e. The number of benzene rings is 1. The molecule has 1 aromatic carbocycles. The van der Waals surface area contributed by atoms with Crippen LogP contribution in [0.15, 0.2) is 36.7 Å². The highest BCUT2D eigenvalue weighted by molar-refractivity contribution is 5.78. The number of aryl methyl sites for hydroxylation is 1. The molecule has 1 aliphatic heterocycles. The van der Waals surface area contributed by atoms with Crippen LogP contribution in [0.5, 0.6) is 5.75 Å². The summed E-state index contributed by atoms with van der Waals surface area (Å²) >= 11 is 0. The molecule has 0 unspecified atom stereocenters. The van der Waals surface area contributed by atoms with Gasteiger partial charge in [0.15, 0.2) is 6.61 Å². The molecule has 7 nitrogen and oxygen atoms in total. The van der Waals surface area contributed by atoms with E-state index in [1.54, 1.807) is 30.5 Å². The van der Waals surface area contributed by atoms with Crippen molar-refractivity contribution < 1.29 is 14.3 Å². The standard InChI is InChI=1S/C17H20N4O3/c18-15(22)9-12-1-4-14(5-2-12)24-11-17(23)20-13-3-6-16-19-7-8-21(16)10-13/h1-2,4-5,7-8,13H,3,6,9-11H2,(H2,18,22)(H,20,23)/t13-/m0/s1. The fourth-order valence-corrected chi connectivity index (χ4v) is 2.81. The Morgan fingerprint density at radius 2 is 2.12 bits per heavy atom. The SMILES string of the molecule is NC(=O)Cc1ccc(OCC(=O)N[C@H]2CCc3nccn3C2)cc1. The molecule has 3 N–H and O–H groups in total. The Labute approximate surface area is 139 Å². The Morgan fingerprint density at radius 3 is 2.88 bits per heavy atom. The van der Waals surface area contributed by atoms with Gasteiger partial charge in [0.1, 0.15) is 11.6 Å². The molecule has 1 aliphatic rings. The number of carbonyl (C=O) groups is 2. The second-order valence-electron chi connectivity index (χ2n) is 5.87. The number of nitrogens with one attached hydrogen (secondary N) is 1. The van der Waals surface area contributed by atoms with E-state index in [2.05, 4.69) is 14.9 Å². The summed E-state index contributed by atoms with van der Waals surface area (Å²) in [6, 6.07) is 7.08. The van der Waals surface area contributed by atoms with E-state index in [1.165, 1.54) is 0 Å². The lowest BCUT2D eigenvalue weighted by Crippen LogP contribution is -2.42. The summed E-state index contributed by atoms with van der Waals surface area (Å²) < 4.78 is 7.54. The van der Waals surface area contributed by atoms with Gasteiger partial charge in [0, 0.05) is 31.4 Å². The fourth-order valence-electron chi connectivity index (χ4n) is 2.81. The maximum absolute atomic E-state index is 12.0. The van der Waals surface area contributed by atoms with Crippen molar-refractivity contribution in [2.45, 2.75) is 31.8 Å². The van der Waals surface area contributed by atoms with Gasteiger partial charge >= 0.3 is 0 Å². The predicted molar refractivity (Wildman–Crippen MR) is 87.3 cm³/mol. The van der Waals surface area contributed by atoms with Crippen molar-refractivity contribution in [3.8, 4) is 5.75 Å². The summed E-state index contributed by atoms with van der Waals surface area (Å²) in [4.78, 5) is 27.1. The molecule has 2 aromatic rings. The van der Waals surface area contributed by atoms with Crippen molar-refractivity contribution >= 4 is 11.8 Å². The van der Waals surface area contributed by atoms with Crippen LogP contribution in [-0.4, -0.2) is 34.0 Å². The highest BCUT2D eigenvalue weighted by Gasteiger charge is 2.20. The van der Waals surface area contributed by atoms with E-state index < -0.39 is 0 Å². The molecule has 1 atom stereocenters. The highest BCUT2D eigenvalue weighted by atomic mass is 16.5. The summed E-state index contributed by atoms with van der Waals surface area (Å²) in [5.74, 6) is 1.12. The van der Waals surface area contributed by atoms with Crippen molar-refractivity contribution in [1.82, 2.24) is 14.9 Å². The van der Waals surface area contributed by atoms with E-state index in [0.717, 1.165) is 30.8 Å². The minimum absolute atomic E-state index is 0.0392. The molecule has 0 bridgehead atoms. The van der Waals surface area contributed by atoms with E-state index in [9.17, 15) is 9.59 Å². The lowest BCUT2D eigenvalue weighted by Gasteiger charge is -2.24. The topological polar surface area (TPSA) is 99.2 Å². The number of ether oxygens (including phenoxy) is 1. The zero-order valence-corrected chi connectivity index (χ0v) is 13.3. The summed E-state index contributed by atoms with van der Waals surface area (Å²) in [7, 11) is 0. The van der Waals surface area contributed by atoms with Crippen LogP contribution in [0.2, 0.25) is 0 Å². The van der Waals surface area contributed by atoms with Gasteiger partial charge in [-0.05, 0) is 24.1 Å². The van der Waals surface area contributed by atoms with Crippen LogP contribution in [0.25, 0.3) is 0 Å². The van der Waals surface area contributed by atoms with E-state index in [-0.39, 0.29) is 30.9 Å². The number of rotatable bonds is 6. The molecule has 0 spiro atoms. The van der Waals surface area contributed by atoms with Crippen LogP contribution < -0.4 is 15.8 Å². The second kappa shape index (κ2) is 7.16. The fraction of sp³-hybridized carbons (Fsp3) is 0.353. The number of fused-ring (bicyclic) bond motifs is 1. The second-order valence-corrected chi connectivity index (χ2v) is 5.87. The smallest absolute Gasteiger partial charge is 0.258 e. The van der Waals surface area contributed by atoms with Crippen LogP contribution in [-0.2, 0) is 29.0 Å². The Bertz CT molecular complexity index is 724. The zero-order chi connectivity index (χ0) is 16.9. The molecule has 126 valence electrons. The zero-order valence-electron chi connectivity index (χ0n) is 13.3. The van der Waals surface area contributed by atoms with Crippen LogP contribution in [0.1, 0.15) is 17.8 Å². The summed E-state index contributed by atoms with van der Waals surface area (Å²) in [5.41, 5.74) is 5.96. The van der Waals surface area contributed by atoms with Crippen molar-refractivity contribution in [2.75, 3.05) is 6.61 Å². The van der Waals surface area contributed by atoms with Crippen LogP contribution >= 0.6 is 0 Å². The van der Waals surface area contributed by atoms with E-state index in [0.29, 0.717) is 5.75 Å². The molecular weight excluding hydrogens is 308 g/mol. The normalized spacial score (nSPS) is 16.2. The van der Waals surface area contributed by atoms with Crippen molar-refractivity contribution in [3.63, 3.8) is 0 Å². The van der Waals surface area contributed by atoms with Crippen LogP contribution in [0, 0.1) is 0 Å². The molecule has 0 aliphatic carbocycles. The van der Waals surface area contributed by atoms with E-state index in [4.69, 9.17) is 10.5 Å². The van der Waals surface area contributed by atoms with Gasteiger partial charge in [-0.2, -0.15) is 0 Å². The predicted octanol–water partition coefficient (Wildman–Crippen LogP) is 0.421. The molecule has 7 heteroatoms. The molecule has 24 heavy (non-hydrogen) atoms. The maximum atomic E-state index is 12.0. The summed E-state index contributed by atoms with van der Waals surface area (Å²) in [6.45, 7) is 0.700. The lowest BCUT2D eigenvalue weighted by atomic mass is 10.1. The third-order valence-corrected chi connectivity index (χ3v) is 3.97. The molecule has 0 saturated carbocycles. The number of hydrogen-bond donors (Lipinski definition) is 2. The van der Waals surface area contributed by atoms with E-state index in [1.807, 2.05) is 6.20 Å². The van der Waals surface area contributed by atoms with Crippen molar-refractivity contribution in [3.05, 3.63) is 48.0 Å². The van der Waals surface area contributed by atoms with E-state index >= 15 is 0 Å². The van der Waals surface area contributed by atoms with Gasteiger partial charge in [0.25, 0.3) is 5.91 Å². The number of amides is 2. The molecular formula is C17H20N4O3. The number of nitrogens with zero attached hydrogens (tertiary/aromatic N) is 2. The first kappa shape index (κ1) is 16.0. The quantitative estimate of drug-likeness (QED) is 0.803. The molecule has 3 rings (SSSR count). The third kappa shape index (κ3) is 4.13. The number of hydrogen-bond acceptors (Lipinski definition) is 4. The Kier molecular flexibility index (Phi) is 4.79. The van der Waals surface area contributed by atoms with Gasteiger partial charge in [-0.1, -0.05) is 12.1 Å². The van der Waals surface area contributed by atoms with Gasteiger partial charge in [-0.15, -0.1) is 0 Å². The van der Waals surface area contributed by atoms with Crippen molar-refractivity contribution in [1.29, 1.82) is 0 Å². The first-order chi connectivity index (χ1) is 11.6. The van der Waals surface area contributed by atoms with Gasteiger partial charge < -0.3 is 20.4 Å². The molecule has 0 fully saturated rings. The van der Waals surface area contributed by atoms with Crippen molar-refractivity contribution in [2.24, 2.45) is 5.73 Å². The monoisotopic (exact) mass is 328 g/mol. The number of nitrogens with two attached hydrogens (primary N) is 1. The van der Waals surface area contributed by atoms with Gasteiger partial charge in [-0.3, -0.25) is 9.59 Å².